The van der Waals surface area contributed by atoms with E-state index in [2.05, 4.69) is 5.32 Å². The molecule has 1 aliphatic heterocycles. The van der Waals surface area contributed by atoms with E-state index in [0.29, 0.717) is 17.1 Å². The fourth-order valence-corrected chi connectivity index (χ4v) is 3.85. The van der Waals surface area contributed by atoms with Gasteiger partial charge in [0.2, 0.25) is 5.91 Å². The minimum Gasteiger partial charge on any atom is -0.493 e. The Labute approximate surface area is 145 Å². The van der Waals surface area contributed by atoms with Gasteiger partial charge < -0.3 is 19.9 Å². The van der Waals surface area contributed by atoms with Crippen LogP contribution < -0.4 is 14.8 Å². The van der Waals surface area contributed by atoms with Crippen LogP contribution in [0, 0.1) is 5.92 Å². The van der Waals surface area contributed by atoms with E-state index in [1.165, 1.54) is 14.2 Å². The average Bonchev–Trinajstić information content (AvgIpc) is 2.60. The third-order valence-corrected chi connectivity index (χ3v) is 5.15. The lowest BCUT2D eigenvalue weighted by atomic mass is 9.98. The zero-order valence-corrected chi connectivity index (χ0v) is 14.7. The number of aliphatic carboxylic acids is 1. The lowest BCUT2D eigenvalue weighted by Gasteiger charge is -2.25. The van der Waals surface area contributed by atoms with Crippen LogP contribution in [0.5, 0.6) is 11.5 Å². The SMILES string of the molecule is COc1ccc(C(CC(=O)O)NC(=O)C2CCSCC2)cc1OC. The number of methoxy groups -OCH3 is 2. The lowest BCUT2D eigenvalue weighted by Crippen LogP contribution is -2.36. The van der Waals surface area contributed by atoms with Crippen molar-refractivity contribution in [2.45, 2.75) is 25.3 Å². The molecule has 2 N–H and O–H groups in total. The Bertz CT molecular complexity index is 586. The molecular weight excluding hydrogens is 330 g/mol. The second-order valence-electron chi connectivity index (χ2n) is 5.66. The minimum absolute atomic E-state index is 0.0392. The lowest BCUT2D eigenvalue weighted by molar-refractivity contribution is -0.138. The summed E-state index contributed by atoms with van der Waals surface area (Å²) >= 11 is 1.85. The predicted octanol–water partition coefficient (Wildman–Crippen LogP) is 2.48. The summed E-state index contributed by atoms with van der Waals surface area (Å²) in [6, 6.07) is 4.59. The number of thioether (sulfide) groups is 1. The zero-order chi connectivity index (χ0) is 17.5. The number of carbonyl (C=O) groups excluding carboxylic acids is 1. The van der Waals surface area contributed by atoms with E-state index in [4.69, 9.17) is 9.47 Å². The number of carboxylic acids is 1. The summed E-state index contributed by atoms with van der Waals surface area (Å²) in [5.41, 5.74) is 0.689. The fraction of sp³-hybridized carbons (Fsp3) is 0.529. The molecule has 1 amide bonds. The molecule has 132 valence electrons. The quantitative estimate of drug-likeness (QED) is 0.783. The van der Waals surface area contributed by atoms with E-state index >= 15 is 0 Å². The van der Waals surface area contributed by atoms with Crippen molar-refractivity contribution in [3.63, 3.8) is 0 Å². The van der Waals surface area contributed by atoms with Gasteiger partial charge in [-0.2, -0.15) is 11.8 Å². The summed E-state index contributed by atoms with van der Waals surface area (Å²) < 4.78 is 10.5. The van der Waals surface area contributed by atoms with Crippen LogP contribution in [0.1, 0.15) is 30.9 Å². The van der Waals surface area contributed by atoms with E-state index < -0.39 is 12.0 Å². The van der Waals surface area contributed by atoms with Gasteiger partial charge in [-0.15, -0.1) is 0 Å². The molecule has 1 aromatic rings. The molecule has 6 nitrogen and oxygen atoms in total. The number of hydrogen-bond acceptors (Lipinski definition) is 5. The van der Waals surface area contributed by atoms with Crippen molar-refractivity contribution in [3.05, 3.63) is 23.8 Å². The number of hydrogen-bond donors (Lipinski definition) is 2. The van der Waals surface area contributed by atoms with E-state index in [1.807, 2.05) is 11.8 Å². The summed E-state index contributed by atoms with van der Waals surface area (Å²) in [7, 11) is 3.06. The molecule has 1 heterocycles. The summed E-state index contributed by atoms with van der Waals surface area (Å²) in [5.74, 6) is 1.93. The second-order valence-corrected chi connectivity index (χ2v) is 6.88. The van der Waals surface area contributed by atoms with Crippen molar-refractivity contribution in [2.75, 3.05) is 25.7 Å². The molecule has 0 bridgehead atoms. The summed E-state index contributed by atoms with van der Waals surface area (Å²) in [6.07, 6.45) is 1.49. The Balaban J connectivity index is 2.18. The molecule has 2 rings (SSSR count). The number of rotatable bonds is 7. The number of carboxylic acid groups (broad SMARTS) is 1. The van der Waals surface area contributed by atoms with Crippen LogP contribution in [0.15, 0.2) is 18.2 Å². The van der Waals surface area contributed by atoms with Gasteiger partial charge in [0.25, 0.3) is 0 Å². The van der Waals surface area contributed by atoms with Crippen LogP contribution in [0.25, 0.3) is 0 Å². The molecule has 7 heteroatoms. The summed E-state index contributed by atoms with van der Waals surface area (Å²) in [6.45, 7) is 0. The van der Waals surface area contributed by atoms with E-state index in [-0.39, 0.29) is 18.2 Å². The molecule has 0 radical (unpaired) electrons. The van der Waals surface area contributed by atoms with Crippen molar-refractivity contribution in [1.29, 1.82) is 0 Å². The van der Waals surface area contributed by atoms with Crippen molar-refractivity contribution in [2.24, 2.45) is 5.92 Å². The molecule has 0 aliphatic carbocycles. The first kappa shape index (κ1) is 18.4. The van der Waals surface area contributed by atoms with Gasteiger partial charge in [0.05, 0.1) is 26.7 Å². The highest BCUT2D eigenvalue weighted by molar-refractivity contribution is 7.99. The van der Waals surface area contributed by atoms with E-state index in [9.17, 15) is 14.7 Å². The molecule has 1 unspecified atom stereocenters. The maximum absolute atomic E-state index is 12.5. The van der Waals surface area contributed by atoms with E-state index in [1.54, 1.807) is 18.2 Å². The Kier molecular flexibility index (Phi) is 6.78. The molecule has 1 atom stereocenters. The molecular formula is C17H23NO5S. The van der Waals surface area contributed by atoms with Crippen molar-refractivity contribution >= 4 is 23.6 Å². The highest BCUT2D eigenvalue weighted by Crippen LogP contribution is 2.31. The molecule has 0 saturated carbocycles. The van der Waals surface area contributed by atoms with Gasteiger partial charge in [0, 0.05) is 5.92 Å². The molecule has 0 spiro atoms. The highest BCUT2D eigenvalue weighted by atomic mass is 32.2. The number of benzene rings is 1. The second kappa shape index (κ2) is 8.82. The maximum Gasteiger partial charge on any atom is 0.305 e. The number of carbonyl (C=O) groups is 2. The third-order valence-electron chi connectivity index (χ3n) is 4.10. The van der Waals surface area contributed by atoms with Gasteiger partial charge in [-0.3, -0.25) is 9.59 Å². The topological polar surface area (TPSA) is 84.9 Å². The smallest absolute Gasteiger partial charge is 0.305 e. The fourth-order valence-electron chi connectivity index (χ4n) is 2.75. The van der Waals surface area contributed by atoms with Gasteiger partial charge in [0.15, 0.2) is 11.5 Å². The van der Waals surface area contributed by atoms with Gasteiger partial charge in [-0.05, 0) is 42.0 Å². The normalized spacial score (nSPS) is 16.2. The van der Waals surface area contributed by atoms with Crippen LogP contribution in [0.3, 0.4) is 0 Å². The van der Waals surface area contributed by atoms with Gasteiger partial charge in [-0.1, -0.05) is 6.07 Å². The minimum atomic E-state index is -0.964. The van der Waals surface area contributed by atoms with Crippen LogP contribution in [0.4, 0.5) is 0 Å². The van der Waals surface area contributed by atoms with Crippen molar-refractivity contribution in [3.8, 4) is 11.5 Å². The Morgan fingerprint density at radius 1 is 1.25 bits per heavy atom. The first-order valence-electron chi connectivity index (χ1n) is 7.87. The monoisotopic (exact) mass is 353 g/mol. The third kappa shape index (κ3) is 4.80. The van der Waals surface area contributed by atoms with E-state index in [0.717, 1.165) is 24.3 Å². The Morgan fingerprint density at radius 2 is 1.92 bits per heavy atom. The summed E-state index contributed by atoms with van der Waals surface area (Å²) in [4.78, 5) is 23.7. The van der Waals surface area contributed by atoms with Crippen LogP contribution in [-0.4, -0.2) is 42.7 Å². The maximum atomic E-state index is 12.5. The Morgan fingerprint density at radius 3 is 2.50 bits per heavy atom. The molecule has 24 heavy (non-hydrogen) atoms. The molecule has 0 aromatic heterocycles. The standard InChI is InChI=1S/C17H23NO5S/c1-22-14-4-3-12(9-15(14)23-2)13(10-16(19)20)18-17(21)11-5-7-24-8-6-11/h3-4,9,11,13H,5-8,10H2,1-2H3,(H,18,21)(H,19,20). The molecule has 1 aromatic carbocycles. The van der Waals surface area contributed by atoms with Gasteiger partial charge in [0.1, 0.15) is 0 Å². The number of nitrogens with one attached hydrogen (secondary N) is 1. The van der Waals surface area contributed by atoms with Crippen LogP contribution >= 0.6 is 11.8 Å². The predicted molar refractivity (Wildman–Crippen MR) is 92.7 cm³/mol. The zero-order valence-electron chi connectivity index (χ0n) is 13.9. The highest BCUT2D eigenvalue weighted by Gasteiger charge is 2.26. The van der Waals surface area contributed by atoms with Gasteiger partial charge in [-0.25, -0.2) is 0 Å². The first-order valence-corrected chi connectivity index (χ1v) is 9.02. The molecule has 1 saturated heterocycles. The first-order chi connectivity index (χ1) is 11.5. The largest absolute Gasteiger partial charge is 0.493 e. The summed E-state index contributed by atoms with van der Waals surface area (Å²) in [5, 5.41) is 12.1. The molecule has 1 fully saturated rings. The van der Waals surface area contributed by atoms with Crippen LogP contribution in [-0.2, 0) is 9.59 Å². The number of amides is 1. The average molecular weight is 353 g/mol. The van der Waals surface area contributed by atoms with Gasteiger partial charge >= 0.3 is 5.97 Å². The molecule has 1 aliphatic rings. The Hall–Kier alpha value is -1.89. The number of ether oxygens (including phenoxy) is 2. The van der Waals surface area contributed by atoms with Crippen molar-refractivity contribution < 1.29 is 24.2 Å². The van der Waals surface area contributed by atoms with Crippen molar-refractivity contribution in [1.82, 2.24) is 5.32 Å². The van der Waals surface area contributed by atoms with Crippen LogP contribution in [0.2, 0.25) is 0 Å².